The Morgan fingerprint density at radius 1 is 0.788 bits per heavy atom. The van der Waals surface area contributed by atoms with Gasteiger partial charge < -0.3 is 14.7 Å². The molecule has 266 valence electrons. The van der Waals surface area contributed by atoms with Gasteiger partial charge in [-0.3, -0.25) is 34.3 Å². The number of fused-ring (bicyclic) bond motifs is 1. The minimum atomic E-state index is -0.971. The van der Waals surface area contributed by atoms with E-state index >= 15 is 0 Å². The van der Waals surface area contributed by atoms with E-state index in [-0.39, 0.29) is 18.6 Å². The Labute approximate surface area is 303 Å². The van der Waals surface area contributed by atoms with Gasteiger partial charge in [-0.25, -0.2) is 0 Å². The molecule has 4 aromatic rings. The zero-order chi connectivity index (χ0) is 36.2. The molecule has 0 saturated carbocycles. The molecule has 4 amide bonds. The van der Waals surface area contributed by atoms with Crippen molar-refractivity contribution in [2.75, 3.05) is 44.2 Å². The molecule has 1 atom stereocenters. The lowest BCUT2D eigenvalue weighted by Gasteiger charge is -2.36. The number of phenolic OH excluding ortho intramolecular Hbond substituents is 1. The summed E-state index contributed by atoms with van der Waals surface area (Å²) in [5.74, 6) is -0.925. The molecule has 2 N–H and O–H groups in total. The quantitative estimate of drug-likeness (QED) is 0.116. The fourth-order valence-electron chi connectivity index (χ4n) is 7.39. The van der Waals surface area contributed by atoms with Crippen molar-refractivity contribution in [3.63, 3.8) is 0 Å². The van der Waals surface area contributed by atoms with E-state index < -0.39 is 29.7 Å². The highest BCUT2D eigenvalue weighted by Gasteiger charge is 2.44. The number of hydrogen-bond donors (Lipinski definition) is 2. The van der Waals surface area contributed by atoms with Crippen LogP contribution in [-0.2, 0) is 9.59 Å². The molecule has 7 rings (SSSR count). The molecule has 0 aromatic heterocycles. The van der Waals surface area contributed by atoms with E-state index in [1.807, 2.05) is 36.4 Å². The van der Waals surface area contributed by atoms with Crippen molar-refractivity contribution in [2.24, 2.45) is 0 Å². The van der Waals surface area contributed by atoms with E-state index in [4.69, 9.17) is 4.74 Å². The molecule has 10 heteroatoms. The van der Waals surface area contributed by atoms with Crippen LogP contribution in [0, 0.1) is 0 Å². The number of imide groups is 2. The van der Waals surface area contributed by atoms with E-state index in [2.05, 4.69) is 58.4 Å². The first-order valence-electron chi connectivity index (χ1n) is 17.9. The van der Waals surface area contributed by atoms with Gasteiger partial charge in [0.05, 0.1) is 17.7 Å². The maximum Gasteiger partial charge on any atom is 0.262 e. The number of amides is 4. The fraction of sp³-hybridized carbons (Fsp3) is 0.286. The maximum atomic E-state index is 13.3. The van der Waals surface area contributed by atoms with E-state index in [1.54, 1.807) is 24.3 Å². The number of nitrogens with zero attached hydrogens (tertiary/aromatic N) is 3. The molecule has 0 radical (unpaired) electrons. The van der Waals surface area contributed by atoms with Crippen LogP contribution >= 0.6 is 0 Å². The largest absolute Gasteiger partial charge is 0.508 e. The predicted octanol–water partition coefficient (Wildman–Crippen LogP) is 5.75. The number of anilines is 1. The number of carbonyl (C=O) groups excluding carboxylic acids is 4. The number of piperazine rings is 1. The lowest BCUT2D eigenvalue weighted by molar-refractivity contribution is -0.136. The van der Waals surface area contributed by atoms with Crippen molar-refractivity contribution in [2.45, 2.75) is 38.6 Å². The summed E-state index contributed by atoms with van der Waals surface area (Å²) >= 11 is 0. The smallest absolute Gasteiger partial charge is 0.262 e. The van der Waals surface area contributed by atoms with Gasteiger partial charge in [0.15, 0.2) is 0 Å². The summed E-state index contributed by atoms with van der Waals surface area (Å²) in [5, 5.41) is 12.2. The number of allylic oxidation sites excluding steroid dienone is 1. The molecule has 4 aromatic carbocycles. The standard InChI is InChI=1S/C42H42N4O6/c1-2-34(28-7-4-3-5-8-28)39(29-9-14-32(47)15-10-29)30-11-16-33(17-12-30)52-26-6-21-44-22-24-45(25-23-44)31-13-18-35-36(27-31)42(51)46(41(35)50)37-19-20-38(48)43-40(37)49/h3-5,7-18,27,37,47H,2,6,19-26H2,1H3,(H,43,48,49). The summed E-state index contributed by atoms with van der Waals surface area (Å²) in [6.07, 6.45) is 1.96. The Balaban J connectivity index is 0.918. The van der Waals surface area contributed by atoms with Gasteiger partial charge in [-0.05, 0) is 89.6 Å². The second kappa shape index (κ2) is 15.2. The third kappa shape index (κ3) is 7.20. The van der Waals surface area contributed by atoms with Crippen molar-refractivity contribution in [1.29, 1.82) is 0 Å². The SMILES string of the molecule is CCC(=C(c1ccc(O)cc1)c1ccc(OCCCN2CCN(c3ccc4c(c3)C(=O)N(C3CCC(=O)NC3=O)C4=O)CC2)cc1)c1ccccc1. The van der Waals surface area contributed by atoms with Gasteiger partial charge in [-0.15, -0.1) is 0 Å². The fourth-order valence-corrected chi connectivity index (χ4v) is 7.39. The van der Waals surface area contributed by atoms with Gasteiger partial charge in [0, 0.05) is 44.8 Å². The number of ether oxygens (including phenoxy) is 1. The molecule has 0 aliphatic carbocycles. The zero-order valence-corrected chi connectivity index (χ0v) is 29.2. The molecule has 52 heavy (non-hydrogen) atoms. The molecule has 0 spiro atoms. The second-order valence-corrected chi connectivity index (χ2v) is 13.4. The van der Waals surface area contributed by atoms with Crippen LogP contribution in [0.5, 0.6) is 11.5 Å². The van der Waals surface area contributed by atoms with Crippen LogP contribution in [0.15, 0.2) is 97.1 Å². The predicted molar refractivity (Wildman–Crippen MR) is 199 cm³/mol. The van der Waals surface area contributed by atoms with E-state index in [0.29, 0.717) is 17.7 Å². The molecule has 0 bridgehead atoms. The van der Waals surface area contributed by atoms with Gasteiger partial charge in [0.25, 0.3) is 11.8 Å². The highest BCUT2D eigenvalue weighted by Crippen LogP contribution is 2.36. The van der Waals surface area contributed by atoms with Crippen LogP contribution in [0.25, 0.3) is 11.1 Å². The Morgan fingerprint density at radius 2 is 1.46 bits per heavy atom. The third-order valence-corrected chi connectivity index (χ3v) is 10.1. The number of phenols is 1. The number of hydrogen-bond acceptors (Lipinski definition) is 8. The molecule has 2 saturated heterocycles. The molecule has 3 heterocycles. The van der Waals surface area contributed by atoms with E-state index in [9.17, 15) is 24.3 Å². The third-order valence-electron chi connectivity index (χ3n) is 10.1. The van der Waals surface area contributed by atoms with Crippen LogP contribution in [0.2, 0.25) is 0 Å². The van der Waals surface area contributed by atoms with Crippen LogP contribution in [0.3, 0.4) is 0 Å². The number of benzene rings is 4. The summed E-state index contributed by atoms with van der Waals surface area (Å²) in [4.78, 5) is 55.9. The molecule has 10 nitrogen and oxygen atoms in total. The summed E-state index contributed by atoms with van der Waals surface area (Å²) in [5.41, 5.74) is 7.13. The molecule has 1 unspecified atom stereocenters. The number of carbonyl (C=O) groups is 4. The number of piperidine rings is 1. The zero-order valence-electron chi connectivity index (χ0n) is 29.2. The van der Waals surface area contributed by atoms with Crippen molar-refractivity contribution in [3.8, 4) is 11.5 Å². The topological polar surface area (TPSA) is 119 Å². The van der Waals surface area contributed by atoms with E-state index in [0.717, 1.165) is 78.6 Å². The number of nitrogens with one attached hydrogen (secondary N) is 1. The van der Waals surface area contributed by atoms with Crippen molar-refractivity contribution in [3.05, 3.63) is 125 Å². The van der Waals surface area contributed by atoms with Crippen LogP contribution in [0.4, 0.5) is 5.69 Å². The molecular formula is C42H42N4O6. The average Bonchev–Trinajstić information content (AvgIpc) is 3.41. The minimum Gasteiger partial charge on any atom is -0.508 e. The monoisotopic (exact) mass is 698 g/mol. The Hall–Kier alpha value is -5.74. The van der Waals surface area contributed by atoms with Crippen molar-refractivity contribution in [1.82, 2.24) is 15.1 Å². The molecule has 3 aliphatic rings. The average molecular weight is 699 g/mol. The van der Waals surface area contributed by atoms with Crippen molar-refractivity contribution >= 4 is 40.5 Å². The minimum absolute atomic E-state index is 0.0928. The van der Waals surface area contributed by atoms with Gasteiger partial charge >= 0.3 is 0 Å². The summed E-state index contributed by atoms with van der Waals surface area (Å²) in [6.45, 7) is 6.92. The number of rotatable bonds is 11. The first-order chi connectivity index (χ1) is 25.3. The Bertz CT molecular complexity index is 2000. The van der Waals surface area contributed by atoms with Gasteiger partial charge in [-0.2, -0.15) is 0 Å². The van der Waals surface area contributed by atoms with Crippen molar-refractivity contribution < 1.29 is 29.0 Å². The lowest BCUT2D eigenvalue weighted by atomic mass is 9.88. The normalized spacial score (nSPS) is 18.3. The van der Waals surface area contributed by atoms with Gasteiger partial charge in [0.1, 0.15) is 17.5 Å². The lowest BCUT2D eigenvalue weighted by Crippen LogP contribution is -2.54. The van der Waals surface area contributed by atoms with E-state index in [1.165, 1.54) is 11.1 Å². The van der Waals surface area contributed by atoms with Crippen LogP contribution in [-0.4, -0.2) is 83.9 Å². The number of aromatic hydroxyl groups is 1. The molecule has 2 fully saturated rings. The Morgan fingerprint density at radius 3 is 2.13 bits per heavy atom. The van der Waals surface area contributed by atoms with Gasteiger partial charge in [-0.1, -0.05) is 61.5 Å². The maximum absolute atomic E-state index is 13.3. The summed E-state index contributed by atoms with van der Waals surface area (Å²) < 4.78 is 6.15. The molecule has 3 aliphatic heterocycles. The first-order valence-corrected chi connectivity index (χ1v) is 17.9. The second-order valence-electron chi connectivity index (χ2n) is 13.4. The molecular weight excluding hydrogens is 656 g/mol. The summed E-state index contributed by atoms with van der Waals surface area (Å²) in [7, 11) is 0. The summed E-state index contributed by atoms with van der Waals surface area (Å²) in [6, 6.07) is 30.3. The first kappa shape index (κ1) is 34.7. The van der Waals surface area contributed by atoms with Crippen LogP contribution in [0.1, 0.15) is 70.0 Å². The van der Waals surface area contributed by atoms with Gasteiger partial charge in [0.2, 0.25) is 11.8 Å². The highest BCUT2D eigenvalue weighted by molar-refractivity contribution is 6.23. The highest BCUT2D eigenvalue weighted by atomic mass is 16.5. The Kier molecular flexibility index (Phi) is 10.2. The van der Waals surface area contributed by atoms with Crippen LogP contribution < -0.4 is 15.0 Å².